The van der Waals surface area contributed by atoms with Crippen LogP contribution in [0.15, 0.2) is 187 Å². The predicted molar refractivity (Wildman–Crippen MR) is 218 cm³/mol. The van der Waals surface area contributed by atoms with Crippen LogP contribution in [-0.4, -0.2) is 5.84 Å². The van der Waals surface area contributed by atoms with Crippen LogP contribution >= 0.6 is 0 Å². The van der Waals surface area contributed by atoms with Crippen molar-refractivity contribution in [1.29, 1.82) is 0 Å². The van der Waals surface area contributed by atoms with Crippen LogP contribution in [0.5, 0.6) is 0 Å². The molecule has 252 valence electrons. The summed E-state index contributed by atoms with van der Waals surface area (Å²) in [6.45, 7) is 2.40. The maximum Gasteiger partial charge on any atom is 0.133 e. The molecular weight excluding hydrogens is 629 g/mol. The molecule has 0 bridgehead atoms. The lowest BCUT2D eigenvalue weighted by Crippen LogP contribution is -2.27. The minimum absolute atomic E-state index is 0.0703. The van der Waals surface area contributed by atoms with E-state index in [0.717, 1.165) is 41.9 Å². The van der Waals surface area contributed by atoms with E-state index in [1.54, 1.807) is 5.57 Å². The normalized spacial score (nSPS) is 19.0. The van der Waals surface area contributed by atoms with Gasteiger partial charge in [0.25, 0.3) is 0 Å². The number of benzene rings is 6. The molecule has 0 fully saturated rings. The number of hydrogen-bond acceptors (Lipinski definition) is 2. The fourth-order valence-electron chi connectivity index (χ4n) is 8.37. The molecule has 0 spiro atoms. The van der Waals surface area contributed by atoms with E-state index in [1.165, 1.54) is 50.1 Å². The van der Waals surface area contributed by atoms with E-state index in [9.17, 15) is 0 Å². The van der Waals surface area contributed by atoms with Crippen molar-refractivity contribution in [1.82, 2.24) is 5.32 Å². The Morgan fingerprint density at radius 1 is 0.615 bits per heavy atom. The van der Waals surface area contributed by atoms with Crippen molar-refractivity contribution in [3.8, 4) is 22.3 Å². The molecule has 2 aliphatic carbocycles. The van der Waals surface area contributed by atoms with Crippen LogP contribution in [0.3, 0.4) is 0 Å². The highest BCUT2D eigenvalue weighted by molar-refractivity contribution is 6.05. The van der Waals surface area contributed by atoms with Gasteiger partial charge in [0.2, 0.25) is 0 Å². The molecule has 0 saturated carbocycles. The molecule has 3 unspecified atom stereocenters. The topological polar surface area (TPSA) is 24.4 Å². The lowest BCUT2D eigenvalue weighted by molar-refractivity contribution is 0.591. The fourth-order valence-corrected chi connectivity index (χ4v) is 8.37. The van der Waals surface area contributed by atoms with Crippen LogP contribution in [-0.2, 0) is 6.42 Å². The molecule has 6 aromatic rings. The third kappa shape index (κ3) is 6.26. The summed E-state index contributed by atoms with van der Waals surface area (Å²) in [7, 11) is 0. The monoisotopic (exact) mass is 670 g/mol. The van der Waals surface area contributed by atoms with Gasteiger partial charge in [-0.05, 0) is 99.0 Å². The molecule has 1 heterocycles. The van der Waals surface area contributed by atoms with Gasteiger partial charge in [0.15, 0.2) is 0 Å². The highest BCUT2D eigenvalue weighted by Gasteiger charge is 2.33. The van der Waals surface area contributed by atoms with Crippen LogP contribution in [0.2, 0.25) is 0 Å². The minimum Gasteiger partial charge on any atom is -0.340 e. The number of allylic oxidation sites excluding steroid dienone is 4. The second kappa shape index (κ2) is 14.0. The van der Waals surface area contributed by atoms with Crippen molar-refractivity contribution >= 4 is 17.1 Å². The molecule has 1 aliphatic heterocycles. The van der Waals surface area contributed by atoms with E-state index in [4.69, 9.17) is 4.99 Å². The summed E-state index contributed by atoms with van der Waals surface area (Å²) in [6, 6.07) is 57.0. The summed E-state index contributed by atoms with van der Waals surface area (Å²) < 4.78 is 0. The van der Waals surface area contributed by atoms with Crippen molar-refractivity contribution in [3.63, 3.8) is 0 Å². The molecule has 3 aliphatic rings. The van der Waals surface area contributed by atoms with E-state index in [1.807, 2.05) is 0 Å². The molecule has 0 radical (unpaired) electrons. The summed E-state index contributed by atoms with van der Waals surface area (Å²) in [6.07, 6.45) is 10.3. The molecule has 9 rings (SSSR count). The highest BCUT2D eigenvalue weighted by Crippen LogP contribution is 2.50. The lowest BCUT2D eigenvalue weighted by Gasteiger charge is -2.24. The van der Waals surface area contributed by atoms with Crippen molar-refractivity contribution < 1.29 is 0 Å². The first-order valence-electron chi connectivity index (χ1n) is 18.6. The third-order valence-corrected chi connectivity index (χ3v) is 11.0. The van der Waals surface area contributed by atoms with E-state index >= 15 is 0 Å². The molecular formula is C50H42N2. The Morgan fingerprint density at radius 3 is 2.02 bits per heavy atom. The predicted octanol–water partition coefficient (Wildman–Crippen LogP) is 12.2. The van der Waals surface area contributed by atoms with E-state index in [-0.39, 0.29) is 6.04 Å². The van der Waals surface area contributed by atoms with Gasteiger partial charge in [-0.25, -0.2) is 0 Å². The van der Waals surface area contributed by atoms with Gasteiger partial charge in [0.1, 0.15) is 5.84 Å². The Bertz CT molecular complexity index is 2360. The Hall–Kier alpha value is -5.99. The standard InChI is InChI=1S/C50H42N2/c1-34-13-10-24-45-43-22-8-9-23-44(43)46(49(34)45)30-27-35-25-28-36(29-26-35)39-18-11-19-40(31-39)41-20-12-21-42(32-41)50-51-47(37-14-4-2-5-15-37)33-48(52-50)38-16-6-3-7-17-38/h2-12,14-26,28-29,31-34,46-47H,13,27,30H2,1H3,(H,51,52). The van der Waals surface area contributed by atoms with E-state index in [0.29, 0.717) is 11.8 Å². The molecule has 6 aromatic carbocycles. The van der Waals surface area contributed by atoms with Gasteiger partial charge in [0.05, 0.1) is 6.04 Å². The molecule has 0 amide bonds. The molecule has 52 heavy (non-hydrogen) atoms. The van der Waals surface area contributed by atoms with Crippen molar-refractivity contribution in [2.24, 2.45) is 10.9 Å². The van der Waals surface area contributed by atoms with Gasteiger partial charge in [0, 0.05) is 17.2 Å². The number of rotatable bonds is 8. The first kappa shape index (κ1) is 32.0. The summed E-state index contributed by atoms with van der Waals surface area (Å²) in [5.74, 6) is 2.00. The number of aliphatic imine (C=N–C) groups is 1. The molecule has 0 aromatic heterocycles. The summed E-state index contributed by atoms with van der Waals surface area (Å²) in [5.41, 5.74) is 16.8. The van der Waals surface area contributed by atoms with Gasteiger partial charge in [-0.3, -0.25) is 4.99 Å². The largest absolute Gasteiger partial charge is 0.340 e. The first-order chi connectivity index (χ1) is 25.7. The van der Waals surface area contributed by atoms with Crippen LogP contribution in [0.25, 0.3) is 33.5 Å². The molecule has 0 saturated heterocycles. The first-order valence-corrected chi connectivity index (χ1v) is 18.6. The van der Waals surface area contributed by atoms with Crippen molar-refractivity contribution in [2.45, 2.75) is 38.1 Å². The number of amidine groups is 1. The second-order valence-electron chi connectivity index (χ2n) is 14.3. The Balaban J connectivity index is 0.944. The second-order valence-corrected chi connectivity index (χ2v) is 14.3. The maximum absolute atomic E-state index is 5.20. The average molecular weight is 671 g/mol. The molecule has 2 heteroatoms. The van der Waals surface area contributed by atoms with Crippen LogP contribution in [0.1, 0.15) is 65.1 Å². The quantitative estimate of drug-likeness (QED) is 0.171. The number of aryl methyl sites for hydroxylation is 1. The van der Waals surface area contributed by atoms with E-state index in [2.05, 4.69) is 188 Å². The SMILES string of the molecule is CC1CC=CC2=C1C(CCc1ccc(-c3cccc(-c4cccc(C5=NC(c6ccccc6)C=C(c6ccccc6)N5)c4)c3)cc1)c1ccccc12. The average Bonchev–Trinajstić information content (AvgIpc) is 3.55. The lowest BCUT2D eigenvalue weighted by atomic mass is 9.80. The summed E-state index contributed by atoms with van der Waals surface area (Å²) >= 11 is 0. The van der Waals surface area contributed by atoms with Crippen LogP contribution in [0, 0.1) is 5.92 Å². The summed E-state index contributed by atoms with van der Waals surface area (Å²) in [4.78, 5) is 5.20. The van der Waals surface area contributed by atoms with Gasteiger partial charge < -0.3 is 5.32 Å². The Morgan fingerprint density at radius 2 is 1.25 bits per heavy atom. The molecule has 2 nitrogen and oxygen atoms in total. The fraction of sp³-hybridized carbons (Fsp3) is 0.140. The molecule has 1 N–H and O–H groups in total. The number of nitrogens with one attached hydrogen (secondary N) is 1. The number of nitrogens with zero attached hydrogens (tertiary/aromatic N) is 1. The summed E-state index contributed by atoms with van der Waals surface area (Å²) in [5, 5.41) is 3.66. The Kier molecular flexibility index (Phi) is 8.58. The van der Waals surface area contributed by atoms with Gasteiger partial charge in [-0.2, -0.15) is 0 Å². The minimum atomic E-state index is -0.0703. The number of fused-ring (bicyclic) bond motifs is 2. The smallest absolute Gasteiger partial charge is 0.133 e. The Labute approximate surface area is 307 Å². The van der Waals surface area contributed by atoms with Crippen molar-refractivity contribution in [2.75, 3.05) is 0 Å². The zero-order valence-electron chi connectivity index (χ0n) is 29.5. The maximum atomic E-state index is 5.20. The van der Waals surface area contributed by atoms with E-state index < -0.39 is 0 Å². The third-order valence-electron chi connectivity index (χ3n) is 11.0. The van der Waals surface area contributed by atoms with Gasteiger partial charge in [-0.1, -0.05) is 170 Å². The molecule has 3 atom stereocenters. The van der Waals surface area contributed by atoms with Crippen LogP contribution in [0.4, 0.5) is 0 Å². The zero-order chi connectivity index (χ0) is 34.9. The number of hydrogen-bond donors (Lipinski definition) is 1. The van der Waals surface area contributed by atoms with Gasteiger partial charge >= 0.3 is 0 Å². The van der Waals surface area contributed by atoms with Crippen LogP contribution < -0.4 is 5.32 Å². The zero-order valence-corrected chi connectivity index (χ0v) is 29.5. The highest BCUT2D eigenvalue weighted by atomic mass is 15.0. The van der Waals surface area contributed by atoms with Gasteiger partial charge in [-0.15, -0.1) is 0 Å². The van der Waals surface area contributed by atoms with Crippen molar-refractivity contribution in [3.05, 3.63) is 215 Å².